The SMILES string of the molecule is CC(C)(C)C(=O)ONS(=O)(=O)c1c(Cl)cccc1Cl. The van der Waals surface area contributed by atoms with Crippen molar-refractivity contribution in [3.8, 4) is 0 Å². The van der Waals surface area contributed by atoms with E-state index < -0.39 is 21.4 Å². The molecule has 0 saturated heterocycles. The lowest BCUT2D eigenvalue weighted by atomic mass is 9.98. The van der Waals surface area contributed by atoms with Gasteiger partial charge in [0, 0.05) is 0 Å². The molecule has 5 nitrogen and oxygen atoms in total. The van der Waals surface area contributed by atoms with Crippen molar-refractivity contribution in [2.75, 3.05) is 0 Å². The summed E-state index contributed by atoms with van der Waals surface area (Å²) in [6.45, 7) is 4.77. The Morgan fingerprint density at radius 2 is 1.68 bits per heavy atom. The van der Waals surface area contributed by atoms with Crippen LogP contribution in [0.1, 0.15) is 20.8 Å². The van der Waals surface area contributed by atoms with E-state index in [1.165, 1.54) is 18.2 Å². The van der Waals surface area contributed by atoms with Gasteiger partial charge in [-0.2, -0.15) is 0 Å². The van der Waals surface area contributed by atoms with Crippen molar-refractivity contribution >= 4 is 39.2 Å². The van der Waals surface area contributed by atoms with Crippen LogP contribution in [0.5, 0.6) is 0 Å². The zero-order valence-corrected chi connectivity index (χ0v) is 12.9. The second-order valence-electron chi connectivity index (χ2n) is 4.78. The minimum Gasteiger partial charge on any atom is -0.355 e. The summed E-state index contributed by atoms with van der Waals surface area (Å²) in [5, 5.41) is -0.126. The molecule has 106 valence electrons. The van der Waals surface area contributed by atoms with E-state index in [4.69, 9.17) is 23.2 Å². The number of sulfonamides is 1. The fraction of sp³-hybridized carbons (Fsp3) is 0.364. The average molecular weight is 326 g/mol. The molecule has 1 rings (SSSR count). The van der Waals surface area contributed by atoms with Crippen molar-refractivity contribution < 1.29 is 18.0 Å². The molecule has 0 saturated carbocycles. The van der Waals surface area contributed by atoms with Gasteiger partial charge in [-0.25, -0.2) is 13.2 Å². The van der Waals surface area contributed by atoms with Crippen molar-refractivity contribution in [3.63, 3.8) is 0 Å². The minimum absolute atomic E-state index is 0.0631. The zero-order valence-electron chi connectivity index (χ0n) is 10.5. The standard InChI is InChI=1S/C11H13Cl2NO4S/c1-11(2,3)10(15)18-14-19(16,17)9-7(12)5-4-6-8(9)13/h4-6,14H,1-3H3. The lowest BCUT2D eigenvalue weighted by Gasteiger charge is -2.16. The van der Waals surface area contributed by atoms with E-state index in [0.29, 0.717) is 0 Å². The molecule has 0 aliphatic rings. The molecule has 0 aliphatic carbocycles. The van der Waals surface area contributed by atoms with E-state index in [0.717, 1.165) is 0 Å². The molecule has 0 fully saturated rings. The topological polar surface area (TPSA) is 72.5 Å². The van der Waals surface area contributed by atoms with Crippen LogP contribution in [0.3, 0.4) is 0 Å². The Kier molecular flexibility index (Phi) is 4.84. The number of carbonyl (C=O) groups is 1. The van der Waals surface area contributed by atoms with Gasteiger partial charge in [0.2, 0.25) is 0 Å². The quantitative estimate of drug-likeness (QED) is 0.867. The van der Waals surface area contributed by atoms with E-state index in [1.54, 1.807) is 25.7 Å². The van der Waals surface area contributed by atoms with Gasteiger partial charge in [0.15, 0.2) is 0 Å². The van der Waals surface area contributed by atoms with Gasteiger partial charge in [0.1, 0.15) is 4.90 Å². The molecular weight excluding hydrogens is 313 g/mol. The summed E-state index contributed by atoms with van der Waals surface area (Å²) in [6, 6.07) is 4.24. The number of benzene rings is 1. The monoisotopic (exact) mass is 325 g/mol. The molecule has 0 spiro atoms. The van der Waals surface area contributed by atoms with Crippen LogP contribution in [-0.4, -0.2) is 14.4 Å². The summed E-state index contributed by atoms with van der Waals surface area (Å²) in [4.78, 5) is 17.4. The fourth-order valence-corrected chi connectivity index (χ4v) is 2.95. The molecule has 1 aromatic rings. The Bertz CT molecular complexity index is 573. The van der Waals surface area contributed by atoms with E-state index in [9.17, 15) is 13.2 Å². The highest BCUT2D eigenvalue weighted by Gasteiger charge is 2.28. The van der Waals surface area contributed by atoms with Crippen molar-refractivity contribution in [2.45, 2.75) is 25.7 Å². The first-order chi connectivity index (χ1) is 8.55. The van der Waals surface area contributed by atoms with Crippen LogP contribution in [0, 0.1) is 5.41 Å². The maximum Gasteiger partial charge on any atom is 0.331 e. The largest absolute Gasteiger partial charge is 0.355 e. The number of nitrogens with one attached hydrogen (secondary N) is 1. The molecule has 19 heavy (non-hydrogen) atoms. The molecule has 0 aromatic heterocycles. The highest BCUT2D eigenvalue weighted by atomic mass is 35.5. The first kappa shape index (κ1) is 16.2. The van der Waals surface area contributed by atoms with Gasteiger partial charge in [-0.15, -0.1) is 0 Å². The molecule has 0 unspecified atom stereocenters. The normalized spacial score (nSPS) is 12.3. The molecule has 0 radical (unpaired) electrons. The molecule has 0 heterocycles. The first-order valence-electron chi connectivity index (χ1n) is 5.23. The Morgan fingerprint density at radius 1 is 1.21 bits per heavy atom. The van der Waals surface area contributed by atoms with Crippen molar-refractivity contribution in [1.29, 1.82) is 0 Å². The van der Waals surface area contributed by atoms with Gasteiger partial charge < -0.3 is 4.84 Å². The Hall–Kier alpha value is -0.820. The van der Waals surface area contributed by atoms with Crippen LogP contribution >= 0.6 is 23.2 Å². The summed E-state index contributed by atoms with van der Waals surface area (Å²) in [7, 11) is -4.13. The van der Waals surface area contributed by atoms with E-state index in [-0.39, 0.29) is 14.9 Å². The van der Waals surface area contributed by atoms with Gasteiger partial charge in [0.25, 0.3) is 10.0 Å². The molecule has 0 aliphatic heterocycles. The maximum absolute atomic E-state index is 11.9. The van der Waals surface area contributed by atoms with Gasteiger partial charge in [-0.3, -0.25) is 0 Å². The average Bonchev–Trinajstić information content (AvgIpc) is 2.24. The lowest BCUT2D eigenvalue weighted by molar-refractivity contribution is -0.156. The van der Waals surface area contributed by atoms with Crippen molar-refractivity contribution in [2.24, 2.45) is 5.41 Å². The third kappa shape index (κ3) is 4.07. The minimum atomic E-state index is -4.13. The molecular formula is C11H13Cl2NO4S. The predicted octanol–water partition coefficient (Wildman–Crippen LogP) is 2.78. The summed E-state index contributed by atoms with van der Waals surface area (Å²) in [5.74, 6) is -0.723. The number of halogens is 2. The maximum atomic E-state index is 11.9. The zero-order chi connectivity index (χ0) is 14.8. The van der Waals surface area contributed by atoms with E-state index >= 15 is 0 Å². The molecule has 8 heteroatoms. The molecule has 0 bridgehead atoms. The molecule has 0 amide bonds. The van der Waals surface area contributed by atoms with E-state index in [2.05, 4.69) is 4.84 Å². The molecule has 0 atom stereocenters. The third-order valence-corrected chi connectivity index (χ3v) is 4.18. The smallest absolute Gasteiger partial charge is 0.331 e. The Morgan fingerprint density at radius 3 is 2.11 bits per heavy atom. The van der Waals surface area contributed by atoms with Crippen LogP contribution in [0.2, 0.25) is 10.0 Å². The van der Waals surface area contributed by atoms with Crippen LogP contribution in [0.25, 0.3) is 0 Å². The number of rotatable bonds is 3. The Balaban J connectivity index is 2.98. The number of carbonyl (C=O) groups excluding carboxylic acids is 1. The first-order valence-corrected chi connectivity index (χ1v) is 7.47. The highest BCUT2D eigenvalue weighted by molar-refractivity contribution is 7.89. The number of hydrogen-bond donors (Lipinski definition) is 1. The summed E-state index contributed by atoms with van der Waals surface area (Å²) in [5.41, 5.74) is -0.840. The Labute approximate surface area is 121 Å². The van der Waals surface area contributed by atoms with Crippen LogP contribution in [0.4, 0.5) is 0 Å². The predicted molar refractivity (Wildman–Crippen MR) is 72.3 cm³/mol. The second-order valence-corrected chi connectivity index (χ2v) is 7.17. The van der Waals surface area contributed by atoms with Gasteiger partial charge in [-0.05, 0) is 37.8 Å². The molecule has 1 N–H and O–H groups in total. The summed E-state index contributed by atoms with van der Waals surface area (Å²) < 4.78 is 23.9. The van der Waals surface area contributed by atoms with Crippen LogP contribution in [0.15, 0.2) is 23.1 Å². The number of hydrogen-bond acceptors (Lipinski definition) is 4. The van der Waals surface area contributed by atoms with Gasteiger partial charge >= 0.3 is 5.97 Å². The van der Waals surface area contributed by atoms with Crippen LogP contribution < -0.4 is 4.89 Å². The summed E-state index contributed by atoms with van der Waals surface area (Å²) >= 11 is 11.6. The van der Waals surface area contributed by atoms with Gasteiger partial charge in [0.05, 0.1) is 15.5 Å². The van der Waals surface area contributed by atoms with Gasteiger partial charge in [-0.1, -0.05) is 29.3 Å². The summed E-state index contributed by atoms with van der Waals surface area (Å²) in [6.07, 6.45) is 0. The van der Waals surface area contributed by atoms with Crippen molar-refractivity contribution in [3.05, 3.63) is 28.2 Å². The molecule has 1 aromatic carbocycles. The van der Waals surface area contributed by atoms with Crippen LogP contribution in [-0.2, 0) is 19.7 Å². The fourth-order valence-electron chi connectivity index (χ4n) is 1.03. The van der Waals surface area contributed by atoms with E-state index in [1.807, 2.05) is 0 Å². The second kappa shape index (κ2) is 5.66. The highest BCUT2D eigenvalue weighted by Crippen LogP contribution is 2.28. The lowest BCUT2D eigenvalue weighted by Crippen LogP contribution is -2.33. The van der Waals surface area contributed by atoms with Crippen molar-refractivity contribution in [1.82, 2.24) is 4.89 Å². The third-order valence-electron chi connectivity index (χ3n) is 2.04.